The van der Waals surface area contributed by atoms with Crippen LogP contribution in [-0.4, -0.2) is 0 Å². The smallest absolute Gasteiger partial charge is 0.0325 e. The molecule has 0 heteroatoms. The minimum Gasteiger partial charge on any atom is -0.0654 e. The zero-order valence-electron chi connectivity index (χ0n) is 7.45. The molecule has 0 nitrogen and oxygen atoms in total. The van der Waals surface area contributed by atoms with Crippen LogP contribution in [0.3, 0.4) is 0 Å². The Morgan fingerprint density at radius 3 is 2.30 bits per heavy atom. The van der Waals surface area contributed by atoms with Gasteiger partial charge in [-0.2, -0.15) is 0 Å². The quantitative estimate of drug-likeness (QED) is 0.510. The minimum absolute atomic E-state index is 0.799. The predicted molar refractivity (Wildman–Crippen MR) is 46.1 cm³/mol. The van der Waals surface area contributed by atoms with Crippen molar-refractivity contribution in [3.63, 3.8) is 0 Å². The molecule has 0 saturated heterocycles. The van der Waals surface area contributed by atoms with Crippen LogP contribution in [0.1, 0.15) is 58.8 Å². The van der Waals surface area contributed by atoms with E-state index in [9.17, 15) is 0 Å². The lowest BCUT2D eigenvalue weighted by Crippen LogP contribution is -1.91. The molecule has 60 valence electrons. The molecule has 0 aliphatic heterocycles. The summed E-state index contributed by atoms with van der Waals surface area (Å²) in [4.78, 5) is 0. The maximum absolute atomic E-state index is 2.43. The van der Waals surface area contributed by atoms with Gasteiger partial charge in [0.1, 0.15) is 0 Å². The van der Waals surface area contributed by atoms with Gasteiger partial charge in [-0.15, -0.1) is 0 Å². The average molecular weight is 140 g/mol. The third-order valence-electron chi connectivity index (χ3n) is 2.74. The highest BCUT2D eigenvalue weighted by molar-refractivity contribution is 4.87. The molecule has 1 saturated carbocycles. The lowest BCUT2D eigenvalue weighted by molar-refractivity contribution is 0.474. The van der Waals surface area contributed by atoms with E-state index >= 15 is 0 Å². The number of hydrogen-bond acceptors (Lipinski definition) is 0. The largest absolute Gasteiger partial charge is 0.0654 e. The normalized spacial score (nSPS) is 21.0. The molecule has 1 aliphatic rings. The van der Waals surface area contributed by atoms with E-state index in [0.717, 1.165) is 5.41 Å². The maximum Gasteiger partial charge on any atom is -0.0325 e. The van der Waals surface area contributed by atoms with Crippen molar-refractivity contribution < 1.29 is 0 Å². The molecule has 0 aromatic heterocycles. The van der Waals surface area contributed by atoms with E-state index in [2.05, 4.69) is 13.8 Å². The number of unbranched alkanes of at least 4 members (excludes halogenated alkanes) is 3. The van der Waals surface area contributed by atoms with Gasteiger partial charge in [0.05, 0.1) is 0 Å². The molecule has 0 unspecified atom stereocenters. The lowest BCUT2D eigenvalue weighted by atomic mass is 10.0. The van der Waals surface area contributed by atoms with E-state index in [-0.39, 0.29) is 0 Å². The summed E-state index contributed by atoms with van der Waals surface area (Å²) in [5.74, 6) is 0. The summed E-state index contributed by atoms with van der Waals surface area (Å²) in [5, 5.41) is 0. The molecule has 0 radical (unpaired) electrons. The van der Waals surface area contributed by atoms with Crippen molar-refractivity contribution in [1.29, 1.82) is 0 Å². The van der Waals surface area contributed by atoms with Gasteiger partial charge in [0.15, 0.2) is 0 Å². The van der Waals surface area contributed by atoms with Gasteiger partial charge in [-0.25, -0.2) is 0 Å². The topological polar surface area (TPSA) is 0 Å². The fourth-order valence-corrected chi connectivity index (χ4v) is 1.44. The van der Waals surface area contributed by atoms with Crippen LogP contribution in [0.2, 0.25) is 0 Å². The summed E-state index contributed by atoms with van der Waals surface area (Å²) < 4.78 is 0. The Balaban J connectivity index is 1.86. The zero-order chi connectivity index (χ0) is 7.45. The third kappa shape index (κ3) is 2.72. The first-order valence-electron chi connectivity index (χ1n) is 4.77. The maximum atomic E-state index is 2.43. The Morgan fingerprint density at radius 1 is 1.10 bits per heavy atom. The number of rotatable bonds is 5. The van der Waals surface area contributed by atoms with Gasteiger partial charge >= 0.3 is 0 Å². The molecular formula is C10H20. The number of hydrogen-bond donors (Lipinski definition) is 0. The van der Waals surface area contributed by atoms with Gasteiger partial charge in [0.2, 0.25) is 0 Å². The molecule has 10 heavy (non-hydrogen) atoms. The van der Waals surface area contributed by atoms with Gasteiger partial charge in [0.25, 0.3) is 0 Å². The van der Waals surface area contributed by atoms with E-state index in [1.165, 1.54) is 44.9 Å². The molecule has 1 rings (SSSR count). The van der Waals surface area contributed by atoms with Crippen molar-refractivity contribution in [2.45, 2.75) is 58.8 Å². The van der Waals surface area contributed by atoms with Crippen molar-refractivity contribution in [1.82, 2.24) is 0 Å². The van der Waals surface area contributed by atoms with E-state index in [1.807, 2.05) is 0 Å². The minimum atomic E-state index is 0.799. The molecular weight excluding hydrogens is 120 g/mol. The summed E-state index contributed by atoms with van der Waals surface area (Å²) >= 11 is 0. The first kappa shape index (κ1) is 8.10. The zero-order valence-corrected chi connectivity index (χ0v) is 7.45. The second-order valence-electron chi connectivity index (χ2n) is 4.12. The molecule has 0 N–H and O–H groups in total. The second kappa shape index (κ2) is 3.41. The predicted octanol–water partition coefficient (Wildman–Crippen LogP) is 3.76. The van der Waals surface area contributed by atoms with Gasteiger partial charge < -0.3 is 0 Å². The van der Waals surface area contributed by atoms with E-state index in [0.29, 0.717) is 0 Å². The Morgan fingerprint density at radius 2 is 1.80 bits per heavy atom. The molecule has 0 heterocycles. The van der Waals surface area contributed by atoms with Crippen LogP contribution in [0.25, 0.3) is 0 Å². The van der Waals surface area contributed by atoms with Gasteiger partial charge in [-0.3, -0.25) is 0 Å². The fraction of sp³-hybridized carbons (Fsp3) is 1.00. The summed E-state index contributed by atoms with van der Waals surface area (Å²) in [6, 6.07) is 0. The van der Waals surface area contributed by atoms with Crippen molar-refractivity contribution in [3.05, 3.63) is 0 Å². The molecule has 1 fully saturated rings. The molecule has 0 spiro atoms. The van der Waals surface area contributed by atoms with Crippen LogP contribution in [-0.2, 0) is 0 Å². The highest BCUT2D eigenvalue weighted by atomic mass is 14.4. The first-order valence-corrected chi connectivity index (χ1v) is 4.77. The Hall–Kier alpha value is 0. The van der Waals surface area contributed by atoms with Crippen molar-refractivity contribution in [2.24, 2.45) is 5.41 Å². The van der Waals surface area contributed by atoms with Crippen LogP contribution in [0, 0.1) is 5.41 Å². The third-order valence-corrected chi connectivity index (χ3v) is 2.74. The second-order valence-corrected chi connectivity index (χ2v) is 4.12. The van der Waals surface area contributed by atoms with Crippen LogP contribution in [0.5, 0.6) is 0 Å². The van der Waals surface area contributed by atoms with Crippen LogP contribution >= 0.6 is 0 Å². The monoisotopic (exact) mass is 140 g/mol. The summed E-state index contributed by atoms with van der Waals surface area (Å²) in [7, 11) is 0. The van der Waals surface area contributed by atoms with Crippen molar-refractivity contribution in [2.75, 3.05) is 0 Å². The van der Waals surface area contributed by atoms with Crippen LogP contribution in [0.4, 0.5) is 0 Å². The van der Waals surface area contributed by atoms with Crippen LogP contribution in [0.15, 0.2) is 0 Å². The highest BCUT2D eigenvalue weighted by Crippen LogP contribution is 2.49. The summed E-state index contributed by atoms with van der Waals surface area (Å²) in [6.07, 6.45) is 10.2. The molecule has 0 bridgehead atoms. The Bertz CT molecular complexity index is 90.2. The van der Waals surface area contributed by atoms with E-state index in [1.54, 1.807) is 0 Å². The van der Waals surface area contributed by atoms with Crippen LogP contribution < -0.4 is 0 Å². The van der Waals surface area contributed by atoms with Gasteiger partial charge in [-0.05, 0) is 24.7 Å². The molecule has 1 aliphatic carbocycles. The van der Waals surface area contributed by atoms with E-state index < -0.39 is 0 Å². The fourth-order valence-electron chi connectivity index (χ4n) is 1.44. The molecule has 0 amide bonds. The van der Waals surface area contributed by atoms with Gasteiger partial charge in [-0.1, -0.05) is 39.5 Å². The Labute approximate surface area is 65.0 Å². The van der Waals surface area contributed by atoms with E-state index in [4.69, 9.17) is 0 Å². The molecule has 0 atom stereocenters. The molecule has 0 aromatic rings. The standard InChI is InChI=1S/C10H20/c1-3-4-5-6-7-10(2)8-9-10/h3-9H2,1-2H3. The Kier molecular flexibility index (Phi) is 2.76. The lowest BCUT2D eigenvalue weighted by Gasteiger charge is -2.05. The van der Waals surface area contributed by atoms with Crippen molar-refractivity contribution in [3.8, 4) is 0 Å². The first-order chi connectivity index (χ1) is 4.77. The highest BCUT2D eigenvalue weighted by Gasteiger charge is 2.35. The average Bonchev–Trinajstić information content (AvgIpc) is 2.62. The summed E-state index contributed by atoms with van der Waals surface area (Å²) in [5.41, 5.74) is 0.799. The van der Waals surface area contributed by atoms with Gasteiger partial charge in [0, 0.05) is 0 Å². The SMILES string of the molecule is CCCCCCC1(C)CC1. The molecule has 0 aromatic carbocycles. The summed E-state index contributed by atoms with van der Waals surface area (Å²) in [6.45, 7) is 4.71. The van der Waals surface area contributed by atoms with Crippen molar-refractivity contribution >= 4 is 0 Å².